The summed E-state index contributed by atoms with van der Waals surface area (Å²) in [5.74, 6) is 5.88. The van der Waals surface area contributed by atoms with E-state index in [0.29, 0.717) is 0 Å². The SMILES string of the molecule is C=CC1CCC(C2CCC(C3CCC(COC)CC3)CC2)CC1. The highest BCUT2D eigenvalue weighted by atomic mass is 16.5. The van der Waals surface area contributed by atoms with Gasteiger partial charge in [-0.25, -0.2) is 0 Å². The smallest absolute Gasteiger partial charge is 0.0490 e. The van der Waals surface area contributed by atoms with Gasteiger partial charge in [-0.1, -0.05) is 6.08 Å². The number of rotatable bonds is 5. The van der Waals surface area contributed by atoms with Crippen LogP contribution in [0.4, 0.5) is 0 Å². The summed E-state index contributed by atoms with van der Waals surface area (Å²) in [5.41, 5.74) is 0. The van der Waals surface area contributed by atoms with Crippen LogP contribution in [0.5, 0.6) is 0 Å². The van der Waals surface area contributed by atoms with Gasteiger partial charge in [0.2, 0.25) is 0 Å². The average Bonchev–Trinajstić information content (AvgIpc) is 2.63. The van der Waals surface area contributed by atoms with Gasteiger partial charge in [0.05, 0.1) is 0 Å². The zero-order valence-corrected chi connectivity index (χ0v) is 15.3. The van der Waals surface area contributed by atoms with Crippen LogP contribution >= 0.6 is 0 Å². The molecule has 0 unspecified atom stereocenters. The highest BCUT2D eigenvalue weighted by Crippen LogP contribution is 2.45. The van der Waals surface area contributed by atoms with Gasteiger partial charge in [0.1, 0.15) is 0 Å². The molecule has 1 nitrogen and oxygen atoms in total. The number of allylic oxidation sites excluding steroid dienone is 1. The average molecular weight is 319 g/mol. The Morgan fingerprint density at radius 1 is 0.696 bits per heavy atom. The number of hydrogen-bond donors (Lipinski definition) is 0. The van der Waals surface area contributed by atoms with Crippen molar-refractivity contribution in [1.29, 1.82) is 0 Å². The monoisotopic (exact) mass is 318 g/mol. The van der Waals surface area contributed by atoms with E-state index >= 15 is 0 Å². The Labute approximate surface area is 144 Å². The van der Waals surface area contributed by atoms with Crippen LogP contribution in [0.3, 0.4) is 0 Å². The van der Waals surface area contributed by atoms with Crippen LogP contribution in [0.2, 0.25) is 0 Å². The van der Waals surface area contributed by atoms with Crippen molar-refractivity contribution < 1.29 is 4.74 Å². The van der Waals surface area contributed by atoms with E-state index in [9.17, 15) is 0 Å². The van der Waals surface area contributed by atoms with E-state index in [0.717, 1.165) is 42.1 Å². The van der Waals surface area contributed by atoms with Gasteiger partial charge in [0, 0.05) is 13.7 Å². The summed E-state index contributed by atoms with van der Waals surface area (Å²) in [6.45, 7) is 4.99. The summed E-state index contributed by atoms with van der Waals surface area (Å²) in [7, 11) is 1.86. The molecule has 0 atom stereocenters. The third-order valence-electron chi connectivity index (χ3n) is 7.59. The summed E-state index contributed by atoms with van der Waals surface area (Å²) in [5, 5.41) is 0. The van der Waals surface area contributed by atoms with Crippen LogP contribution in [0.15, 0.2) is 12.7 Å². The maximum absolute atomic E-state index is 5.35. The maximum Gasteiger partial charge on any atom is 0.0490 e. The van der Waals surface area contributed by atoms with Gasteiger partial charge >= 0.3 is 0 Å². The molecule has 0 bridgehead atoms. The van der Waals surface area contributed by atoms with Gasteiger partial charge in [-0.3, -0.25) is 0 Å². The van der Waals surface area contributed by atoms with Gasteiger partial charge in [0.15, 0.2) is 0 Å². The summed E-state index contributed by atoms with van der Waals surface area (Å²) < 4.78 is 5.35. The molecule has 0 aromatic carbocycles. The van der Waals surface area contributed by atoms with Crippen molar-refractivity contribution in [1.82, 2.24) is 0 Å². The van der Waals surface area contributed by atoms with Crippen LogP contribution in [0.25, 0.3) is 0 Å². The van der Waals surface area contributed by atoms with Crippen LogP contribution < -0.4 is 0 Å². The molecule has 3 aliphatic carbocycles. The molecule has 0 amide bonds. The Morgan fingerprint density at radius 2 is 1.09 bits per heavy atom. The molecule has 132 valence electrons. The zero-order valence-electron chi connectivity index (χ0n) is 15.3. The summed E-state index contributed by atoms with van der Waals surface area (Å²) in [6.07, 6.45) is 19.9. The Kier molecular flexibility index (Phi) is 6.62. The minimum absolute atomic E-state index is 0.824. The van der Waals surface area contributed by atoms with E-state index < -0.39 is 0 Å². The molecular weight excluding hydrogens is 280 g/mol. The van der Waals surface area contributed by atoms with Crippen molar-refractivity contribution in [3.8, 4) is 0 Å². The molecule has 0 aromatic heterocycles. The first-order chi connectivity index (χ1) is 11.3. The number of ether oxygens (including phenoxy) is 1. The van der Waals surface area contributed by atoms with E-state index in [1.807, 2.05) is 7.11 Å². The molecular formula is C22H38O. The lowest BCUT2D eigenvalue weighted by atomic mass is 9.65. The van der Waals surface area contributed by atoms with Crippen LogP contribution in [-0.4, -0.2) is 13.7 Å². The predicted octanol–water partition coefficient (Wildman–Crippen LogP) is 6.24. The third kappa shape index (κ3) is 4.62. The molecule has 0 aromatic rings. The second-order valence-corrected chi connectivity index (χ2v) is 8.82. The minimum Gasteiger partial charge on any atom is -0.384 e. The van der Waals surface area contributed by atoms with Gasteiger partial charge in [0.25, 0.3) is 0 Å². The van der Waals surface area contributed by atoms with Gasteiger partial charge in [-0.15, -0.1) is 6.58 Å². The Balaban J connectivity index is 1.38. The van der Waals surface area contributed by atoms with Crippen LogP contribution in [0, 0.1) is 35.5 Å². The van der Waals surface area contributed by atoms with Crippen molar-refractivity contribution in [3.63, 3.8) is 0 Å². The molecule has 0 aliphatic heterocycles. The third-order valence-corrected chi connectivity index (χ3v) is 7.59. The molecule has 23 heavy (non-hydrogen) atoms. The number of methoxy groups -OCH3 is 1. The first-order valence-corrected chi connectivity index (χ1v) is 10.4. The first kappa shape index (κ1) is 17.5. The molecule has 3 saturated carbocycles. The van der Waals surface area contributed by atoms with E-state index in [4.69, 9.17) is 4.74 Å². The fraction of sp³-hybridized carbons (Fsp3) is 0.909. The molecule has 3 aliphatic rings. The molecule has 0 saturated heterocycles. The fourth-order valence-corrected chi connectivity index (χ4v) is 6.00. The summed E-state index contributed by atoms with van der Waals surface area (Å²) in [6, 6.07) is 0. The summed E-state index contributed by atoms with van der Waals surface area (Å²) in [4.78, 5) is 0. The van der Waals surface area contributed by atoms with Crippen LogP contribution in [0.1, 0.15) is 77.0 Å². The van der Waals surface area contributed by atoms with Crippen molar-refractivity contribution in [2.24, 2.45) is 35.5 Å². The molecule has 3 rings (SSSR count). The lowest BCUT2D eigenvalue weighted by Gasteiger charge is -2.41. The van der Waals surface area contributed by atoms with E-state index in [2.05, 4.69) is 12.7 Å². The lowest BCUT2D eigenvalue weighted by Crippen LogP contribution is -2.30. The molecule has 0 spiro atoms. The van der Waals surface area contributed by atoms with Gasteiger partial charge in [-0.05, 0) is 113 Å². The second-order valence-electron chi connectivity index (χ2n) is 8.82. The maximum atomic E-state index is 5.35. The quantitative estimate of drug-likeness (QED) is 0.545. The number of hydrogen-bond acceptors (Lipinski definition) is 1. The molecule has 0 N–H and O–H groups in total. The minimum atomic E-state index is 0.824. The Bertz CT molecular complexity index is 339. The fourth-order valence-electron chi connectivity index (χ4n) is 6.00. The summed E-state index contributed by atoms with van der Waals surface area (Å²) >= 11 is 0. The zero-order chi connectivity index (χ0) is 16.1. The lowest BCUT2D eigenvalue weighted by molar-refractivity contribution is 0.0820. The van der Waals surface area contributed by atoms with Gasteiger partial charge < -0.3 is 4.74 Å². The van der Waals surface area contributed by atoms with Crippen molar-refractivity contribution in [3.05, 3.63) is 12.7 Å². The predicted molar refractivity (Wildman–Crippen MR) is 98.4 cm³/mol. The van der Waals surface area contributed by atoms with Gasteiger partial charge in [-0.2, -0.15) is 0 Å². The Hall–Kier alpha value is -0.300. The molecule has 0 heterocycles. The van der Waals surface area contributed by atoms with Crippen LogP contribution in [-0.2, 0) is 4.74 Å². The standard InChI is InChI=1S/C22H38O/c1-3-17-4-8-19(9-5-17)21-12-14-22(15-13-21)20-10-6-18(7-11-20)16-23-2/h3,17-22H,1,4-16H2,2H3. The van der Waals surface area contributed by atoms with Crippen molar-refractivity contribution in [2.45, 2.75) is 77.0 Å². The molecule has 1 heteroatoms. The van der Waals surface area contributed by atoms with E-state index in [1.165, 1.54) is 77.0 Å². The molecule has 3 fully saturated rings. The Morgan fingerprint density at radius 3 is 1.48 bits per heavy atom. The van der Waals surface area contributed by atoms with E-state index in [-0.39, 0.29) is 0 Å². The van der Waals surface area contributed by atoms with E-state index in [1.54, 1.807) is 0 Å². The largest absolute Gasteiger partial charge is 0.384 e. The van der Waals surface area contributed by atoms with Crippen molar-refractivity contribution >= 4 is 0 Å². The second kappa shape index (κ2) is 8.70. The first-order valence-electron chi connectivity index (χ1n) is 10.4. The highest BCUT2D eigenvalue weighted by molar-refractivity contribution is 4.88. The van der Waals surface area contributed by atoms with Crippen molar-refractivity contribution in [2.75, 3.05) is 13.7 Å². The normalized spacial score (nSPS) is 42.3. The topological polar surface area (TPSA) is 9.23 Å². The molecule has 0 radical (unpaired) electrons. The highest BCUT2D eigenvalue weighted by Gasteiger charge is 2.34.